The summed E-state index contributed by atoms with van der Waals surface area (Å²) in [6, 6.07) is 4.21. The predicted molar refractivity (Wildman–Crippen MR) is 74.3 cm³/mol. The van der Waals surface area contributed by atoms with Crippen molar-refractivity contribution in [3.63, 3.8) is 0 Å². The zero-order valence-corrected chi connectivity index (χ0v) is 12.1. The Kier molecular flexibility index (Phi) is 6.12. The number of benzene rings is 1. The molecule has 1 aromatic rings. The molecule has 0 aromatic heterocycles. The highest BCUT2D eigenvalue weighted by molar-refractivity contribution is 5.92. The van der Waals surface area contributed by atoms with Gasteiger partial charge in [0.1, 0.15) is 17.2 Å². The molecule has 0 heterocycles. The van der Waals surface area contributed by atoms with Crippen LogP contribution in [0, 0.1) is 0 Å². The third-order valence-corrected chi connectivity index (χ3v) is 2.35. The fraction of sp³-hybridized carbons (Fsp3) is 0.385. The Morgan fingerprint density at radius 1 is 1.24 bits per heavy atom. The minimum absolute atomic E-state index is 0.000790. The first-order valence-electron chi connectivity index (χ1n) is 6.30. The Morgan fingerprint density at radius 3 is 2.48 bits per heavy atom. The van der Waals surface area contributed by atoms with Crippen LogP contribution in [0.4, 0.5) is 15.3 Å². The Hall–Kier alpha value is -2.64. The summed E-state index contributed by atoms with van der Waals surface area (Å²) in [5, 5.41) is 10.6. The number of carbonyl (C=O) groups is 2. The van der Waals surface area contributed by atoms with Gasteiger partial charge >= 0.3 is 12.2 Å². The molecule has 21 heavy (non-hydrogen) atoms. The number of anilines is 1. The van der Waals surface area contributed by atoms with Gasteiger partial charge in [-0.15, -0.1) is 0 Å². The van der Waals surface area contributed by atoms with Gasteiger partial charge in [-0.25, -0.2) is 15.0 Å². The van der Waals surface area contributed by atoms with Crippen LogP contribution in [0.2, 0.25) is 0 Å². The van der Waals surface area contributed by atoms with Gasteiger partial charge in [0.15, 0.2) is 0 Å². The molecule has 0 aliphatic rings. The fourth-order valence-corrected chi connectivity index (χ4v) is 1.46. The Bertz CT molecular complexity index is 505. The number of hydrazine groups is 1. The molecule has 0 spiro atoms. The van der Waals surface area contributed by atoms with E-state index in [9.17, 15) is 14.7 Å². The van der Waals surface area contributed by atoms with Gasteiger partial charge in [-0.2, -0.15) is 5.01 Å². The van der Waals surface area contributed by atoms with Crippen molar-refractivity contribution in [2.24, 2.45) is 0 Å². The lowest BCUT2D eigenvalue weighted by atomic mass is 10.2. The van der Waals surface area contributed by atoms with Crippen LogP contribution in [0.3, 0.4) is 0 Å². The van der Waals surface area contributed by atoms with E-state index in [-0.39, 0.29) is 24.7 Å². The van der Waals surface area contributed by atoms with Gasteiger partial charge < -0.3 is 19.3 Å². The van der Waals surface area contributed by atoms with E-state index in [1.807, 2.05) is 0 Å². The van der Waals surface area contributed by atoms with Crippen molar-refractivity contribution >= 4 is 17.9 Å². The molecule has 116 valence electrons. The minimum Gasteiger partial charge on any atom is -0.506 e. The zero-order chi connectivity index (χ0) is 15.8. The summed E-state index contributed by atoms with van der Waals surface area (Å²) in [6.07, 6.45) is -1.72. The maximum atomic E-state index is 11.9. The number of hydrogen-bond acceptors (Lipinski definition) is 6. The molecule has 0 unspecified atom stereocenters. The second kappa shape index (κ2) is 7.83. The number of phenols is 1. The highest BCUT2D eigenvalue weighted by Gasteiger charge is 2.23. The van der Waals surface area contributed by atoms with E-state index >= 15 is 0 Å². The van der Waals surface area contributed by atoms with Gasteiger partial charge in [-0.3, -0.25) is 0 Å². The van der Waals surface area contributed by atoms with Crippen LogP contribution in [0.25, 0.3) is 0 Å². The normalized spacial score (nSPS) is 9.67. The first kappa shape index (κ1) is 16.4. The number of aromatic hydroxyl groups is 1. The van der Waals surface area contributed by atoms with Crippen molar-refractivity contribution in [3.05, 3.63) is 18.2 Å². The number of amides is 2. The summed E-state index contributed by atoms with van der Waals surface area (Å²) in [7, 11) is 1.43. The van der Waals surface area contributed by atoms with E-state index in [0.717, 1.165) is 5.01 Å². The molecule has 0 saturated carbocycles. The van der Waals surface area contributed by atoms with E-state index in [2.05, 4.69) is 5.43 Å². The van der Waals surface area contributed by atoms with Gasteiger partial charge in [0.05, 0.1) is 20.3 Å². The predicted octanol–water partition coefficient (Wildman–Crippen LogP) is 2.02. The molecule has 0 aliphatic heterocycles. The largest absolute Gasteiger partial charge is 0.506 e. The molecule has 0 saturated heterocycles. The van der Waals surface area contributed by atoms with Gasteiger partial charge in [-0.05, 0) is 26.0 Å². The van der Waals surface area contributed by atoms with Crippen LogP contribution in [0.1, 0.15) is 13.8 Å². The molecule has 0 fully saturated rings. The zero-order valence-electron chi connectivity index (χ0n) is 12.1. The topological polar surface area (TPSA) is 97.3 Å². The monoisotopic (exact) mass is 298 g/mol. The molecule has 2 amide bonds. The third-order valence-electron chi connectivity index (χ3n) is 2.35. The van der Waals surface area contributed by atoms with Gasteiger partial charge in [-0.1, -0.05) is 0 Å². The quantitative estimate of drug-likeness (QED) is 0.825. The van der Waals surface area contributed by atoms with Crippen LogP contribution in [-0.4, -0.2) is 37.6 Å². The summed E-state index contributed by atoms with van der Waals surface area (Å²) >= 11 is 0. The minimum atomic E-state index is -0.867. The van der Waals surface area contributed by atoms with Crippen LogP contribution in [0.15, 0.2) is 18.2 Å². The molecule has 1 rings (SSSR count). The first-order chi connectivity index (χ1) is 10.0. The molecular weight excluding hydrogens is 280 g/mol. The summed E-state index contributed by atoms with van der Waals surface area (Å²) in [5.41, 5.74) is 2.19. The number of nitrogens with one attached hydrogen (secondary N) is 1. The van der Waals surface area contributed by atoms with E-state index in [0.29, 0.717) is 5.75 Å². The summed E-state index contributed by atoms with van der Waals surface area (Å²) in [4.78, 5) is 23.4. The lowest BCUT2D eigenvalue weighted by Crippen LogP contribution is -2.47. The van der Waals surface area contributed by atoms with Crippen LogP contribution < -0.4 is 15.2 Å². The standard InChI is InChI=1S/C13H18N2O6/c1-4-20-12(17)14-15(13(18)21-5-2)10-8-9(19-3)6-7-11(10)16/h6-8,16H,4-5H2,1-3H3,(H,14,17). The van der Waals surface area contributed by atoms with Crippen molar-refractivity contribution in [2.45, 2.75) is 13.8 Å². The van der Waals surface area contributed by atoms with Crippen molar-refractivity contribution < 1.29 is 28.9 Å². The Balaban J connectivity index is 3.10. The summed E-state index contributed by atoms with van der Waals surface area (Å²) in [6.45, 7) is 3.47. The van der Waals surface area contributed by atoms with Crippen molar-refractivity contribution in [2.75, 3.05) is 25.3 Å². The van der Waals surface area contributed by atoms with E-state index in [1.165, 1.54) is 25.3 Å². The van der Waals surface area contributed by atoms with Gasteiger partial charge in [0.25, 0.3) is 0 Å². The molecule has 8 nitrogen and oxygen atoms in total. The Morgan fingerprint density at radius 2 is 1.90 bits per heavy atom. The van der Waals surface area contributed by atoms with Crippen molar-refractivity contribution in [3.8, 4) is 11.5 Å². The lowest BCUT2D eigenvalue weighted by molar-refractivity contribution is 0.138. The second-order valence-corrected chi connectivity index (χ2v) is 3.72. The molecule has 0 bridgehead atoms. The van der Waals surface area contributed by atoms with Crippen LogP contribution in [-0.2, 0) is 9.47 Å². The molecule has 8 heteroatoms. The number of hydrogen-bond donors (Lipinski definition) is 2. The third kappa shape index (κ3) is 4.44. The number of rotatable bonds is 4. The van der Waals surface area contributed by atoms with Gasteiger partial charge in [0.2, 0.25) is 0 Å². The number of carbonyl (C=O) groups excluding carboxylic acids is 2. The summed E-state index contributed by atoms with van der Waals surface area (Å²) < 4.78 is 14.6. The molecule has 1 aromatic carbocycles. The van der Waals surface area contributed by atoms with E-state index in [1.54, 1.807) is 13.8 Å². The molecule has 0 atom stereocenters. The van der Waals surface area contributed by atoms with Crippen LogP contribution >= 0.6 is 0 Å². The Labute approximate surface area is 122 Å². The van der Waals surface area contributed by atoms with E-state index in [4.69, 9.17) is 14.2 Å². The number of ether oxygens (including phenoxy) is 3. The maximum absolute atomic E-state index is 11.9. The number of phenolic OH excluding ortho intramolecular Hbond substituents is 1. The summed E-state index contributed by atoms with van der Waals surface area (Å²) in [5.74, 6) is 0.156. The lowest BCUT2D eigenvalue weighted by Gasteiger charge is -2.23. The molecule has 0 radical (unpaired) electrons. The van der Waals surface area contributed by atoms with Crippen molar-refractivity contribution in [1.29, 1.82) is 0 Å². The first-order valence-corrected chi connectivity index (χ1v) is 6.30. The van der Waals surface area contributed by atoms with Gasteiger partial charge in [0, 0.05) is 6.07 Å². The smallest absolute Gasteiger partial charge is 0.433 e. The van der Waals surface area contributed by atoms with Crippen molar-refractivity contribution in [1.82, 2.24) is 5.43 Å². The average molecular weight is 298 g/mol. The van der Waals surface area contributed by atoms with Crippen LogP contribution in [0.5, 0.6) is 11.5 Å². The highest BCUT2D eigenvalue weighted by atomic mass is 16.6. The SMILES string of the molecule is CCOC(=O)NN(C(=O)OCC)c1cc(OC)ccc1O. The average Bonchev–Trinajstić information content (AvgIpc) is 2.46. The molecular formula is C13H18N2O6. The highest BCUT2D eigenvalue weighted by Crippen LogP contribution is 2.30. The number of nitrogens with zero attached hydrogens (tertiary/aromatic N) is 1. The fourth-order valence-electron chi connectivity index (χ4n) is 1.46. The second-order valence-electron chi connectivity index (χ2n) is 3.72. The number of methoxy groups -OCH3 is 1. The molecule has 0 aliphatic carbocycles. The molecule has 2 N–H and O–H groups in total. The van der Waals surface area contributed by atoms with E-state index < -0.39 is 12.2 Å². The maximum Gasteiger partial charge on any atom is 0.433 e.